The minimum Gasteiger partial charge on any atom is -0.0853 e. The summed E-state index contributed by atoms with van der Waals surface area (Å²) in [6.07, 6.45) is 13.5. The van der Waals surface area contributed by atoms with E-state index in [0.29, 0.717) is 4.32 Å². The van der Waals surface area contributed by atoms with Crippen LogP contribution in [0.25, 0.3) is 0 Å². The SMILES string of the molecule is CCCC[C@@]12C[C@H]3C[C@@](Br)(C1)C[C@](C[Si](C)(C)C)(C3)C2. The normalized spacial score (nSPS) is 47.0. The molecule has 0 heterocycles. The number of hydrogen-bond acceptors (Lipinski definition) is 0. The molecule has 0 saturated heterocycles. The molecule has 4 rings (SSSR count). The maximum absolute atomic E-state index is 4.24. The number of alkyl halides is 1. The highest BCUT2D eigenvalue weighted by Gasteiger charge is 2.62. The van der Waals surface area contributed by atoms with Crippen molar-refractivity contribution < 1.29 is 0 Å². The summed E-state index contributed by atoms with van der Waals surface area (Å²) in [6, 6.07) is 1.58. The molecule has 4 bridgehead atoms. The Kier molecular flexibility index (Phi) is 3.78. The topological polar surface area (TPSA) is 0 Å². The quantitative estimate of drug-likeness (QED) is 0.383. The van der Waals surface area contributed by atoms with Gasteiger partial charge in [-0.25, -0.2) is 0 Å². The van der Waals surface area contributed by atoms with Crippen LogP contribution in [0.4, 0.5) is 0 Å². The van der Waals surface area contributed by atoms with Crippen LogP contribution in [-0.2, 0) is 0 Å². The first-order valence-corrected chi connectivity index (χ1v) is 13.4. The molecule has 4 fully saturated rings. The van der Waals surface area contributed by atoms with E-state index >= 15 is 0 Å². The van der Waals surface area contributed by atoms with Crippen molar-refractivity contribution in [1.82, 2.24) is 0 Å². The van der Waals surface area contributed by atoms with Gasteiger partial charge < -0.3 is 0 Å². The predicted molar refractivity (Wildman–Crippen MR) is 95.4 cm³/mol. The molecule has 4 aliphatic carbocycles. The van der Waals surface area contributed by atoms with Crippen molar-refractivity contribution in [2.75, 3.05) is 0 Å². The van der Waals surface area contributed by atoms with Gasteiger partial charge in [-0.3, -0.25) is 0 Å². The van der Waals surface area contributed by atoms with Gasteiger partial charge in [-0.1, -0.05) is 61.4 Å². The van der Waals surface area contributed by atoms with E-state index in [9.17, 15) is 0 Å². The molecule has 0 nitrogen and oxygen atoms in total. The Hall–Kier alpha value is 0.697. The molecular weight excluding hydrogens is 324 g/mol. The second-order valence-corrected chi connectivity index (χ2v) is 17.2. The number of unbranched alkanes of at least 4 members (excludes halogenated alkanes) is 1. The molecule has 0 aromatic carbocycles. The second-order valence-electron chi connectivity index (χ2n) is 10.0. The summed E-state index contributed by atoms with van der Waals surface area (Å²) >= 11 is 4.24. The van der Waals surface area contributed by atoms with Crippen LogP contribution in [0.5, 0.6) is 0 Å². The zero-order chi connectivity index (χ0) is 14.6. The first-order valence-electron chi connectivity index (χ1n) is 8.86. The van der Waals surface area contributed by atoms with Crippen LogP contribution in [-0.4, -0.2) is 12.4 Å². The Morgan fingerprint density at radius 1 is 1.00 bits per heavy atom. The molecule has 0 spiro atoms. The van der Waals surface area contributed by atoms with Gasteiger partial charge in [-0.15, -0.1) is 0 Å². The highest BCUT2D eigenvalue weighted by molar-refractivity contribution is 9.10. The third kappa shape index (κ3) is 2.93. The first kappa shape index (κ1) is 15.6. The summed E-state index contributed by atoms with van der Waals surface area (Å²) in [5.74, 6) is 1.04. The molecule has 0 radical (unpaired) electrons. The summed E-state index contributed by atoms with van der Waals surface area (Å²) in [6.45, 7) is 10.1. The molecule has 0 N–H and O–H groups in total. The zero-order valence-corrected chi connectivity index (χ0v) is 16.6. The second kappa shape index (κ2) is 4.85. The molecule has 4 saturated carbocycles. The molecule has 116 valence electrons. The molecule has 4 atom stereocenters. The summed E-state index contributed by atoms with van der Waals surface area (Å²) in [5, 5.41) is 0. The largest absolute Gasteiger partial charge is 0.0853 e. The highest BCUT2D eigenvalue weighted by Crippen LogP contribution is 2.71. The minimum absolute atomic E-state index is 0.528. The van der Waals surface area contributed by atoms with Gasteiger partial charge in [0.15, 0.2) is 0 Å². The van der Waals surface area contributed by atoms with Gasteiger partial charge in [0, 0.05) is 12.4 Å². The maximum atomic E-state index is 4.24. The van der Waals surface area contributed by atoms with Gasteiger partial charge in [0.1, 0.15) is 0 Å². The number of hydrogen-bond donors (Lipinski definition) is 0. The number of rotatable bonds is 5. The molecule has 2 heteroatoms. The highest BCUT2D eigenvalue weighted by atomic mass is 79.9. The van der Waals surface area contributed by atoms with E-state index < -0.39 is 8.07 Å². The number of halogens is 1. The van der Waals surface area contributed by atoms with E-state index in [4.69, 9.17) is 0 Å². The summed E-state index contributed by atoms with van der Waals surface area (Å²) in [4.78, 5) is 0. The van der Waals surface area contributed by atoms with Crippen LogP contribution in [0.15, 0.2) is 0 Å². The van der Waals surface area contributed by atoms with Gasteiger partial charge in [-0.2, -0.15) is 0 Å². The van der Waals surface area contributed by atoms with Gasteiger partial charge in [0.05, 0.1) is 0 Å². The zero-order valence-electron chi connectivity index (χ0n) is 14.0. The van der Waals surface area contributed by atoms with Crippen molar-refractivity contribution in [3.05, 3.63) is 0 Å². The molecule has 0 aromatic rings. The molecule has 0 amide bonds. The summed E-state index contributed by atoms with van der Waals surface area (Å²) in [7, 11) is -0.961. The van der Waals surface area contributed by atoms with E-state index in [1.165, 1.54) is 38.5 Å². The Balaban J connectivity index is 1.87. The van der Waals surface area contributed by atoms with Crippen molar-refractivity contribution in [3.8, 4) is 0 Å². The lowest BCUT2D eigenvalue weighted by Gasteiger charge is -2.66. The van der Waals surface area contributed by atoms with Crippen molar-refractivity contribution >= 4 is 24.0 Å². The fraction of sp³-hybridized carbons (Fsp3) is 1.00. The fourth-order valence-corrected chi connectivity index (χ4v) is 11.2. The van der Waals surface area contributed by atoms with Crippen LogP contribution in [0.3, 0.4) is 0 Å². The van der Waals surface area contributed by atoms with Crippen LogP contribution in [0, 0.1) is 16.7 Å². The van der Waals surface area contributed by atoms with Crippen molar-refractivity contribution in [2.45, 2.75) is 94.7 Å². The average Bonchev–Trinajstić information content (AvgIpc) is 2.19. The van der Waals surface area contributed by atoms with Crippen LogP contribution < -0.4 is 0 Å². The molecule has 20 heavy (non-hydrogen) atoms. The standard InChI is InChI=1S/C18H33BrSi/c1-5-6-7-16-8-15-9-17(11-16,14-20(2,3)4)13-18(19,10-15)12-16/h15H,5-14H2,1-4H3/t15-,16+,17+,18-/m1/s1. The summed E-state index contributed by atoms with van der Waals surface area (Å²) in [5.41, 5.74) is 1.44. The van der Waals surface area contributed by atoms with E-state index in [2.05, 4.69) is 42.5 Å². The molecular formula is C18H33BrSi. The third-order valence-electron chi connectivity index (χ3n) is 6.20. The van der Waals surface area contributed by atoms with E-state index in [1.54, 1.807) is 25.3 Å². The van der Waals surface area contributed by atoms with Crippen LogP contribution in [0.1, 0.15) is 64.7 Å². The van der Waals surface area contributed by atoms with E-state index in [0.717, 1.165) is 16.7 Å². The Morgan fingerprint density at radius 3 is 2.25 bits per heavy atom. The van der Waals surface area contributed by atoms with Gasteiger partial charge in [-0.05, 0) is 61.7 Å². The Labute approximate surface area is 135 Å². The van der Waals surface area contributed by atoms with Crippen molar-refractivity contribution in [2.24, 2.45) is 16.7 Å². The van der Waals surface area contributed by atoms with Crippen molar-refractivity contribution in [3.63, 3.8) is 0 Å². The van der Waals surface area contributed by atoms with Crippen LogP contribution >= 0.6 is 15.9 Å². The Morgan fingerprint density at radius 2 is 1.65 bits per heavy atom. The van der Waals surface area contributed by atoms with E-state index in [-0.39, 0.29) is 0 Å². The molecule has 0 unspecified atom stereocenters. The molecule has 4 aliphatic rings. The lowest BCUT2D eigenvalue weighted by Crippen LogP contribution is -2.58. The van der Waals surface area contributed by atoms with Gasteiger partial charge >= 0.3 is 0 Å². The molecule has 0 aliphatic heterocycles. The van der Waals surface area contributed by atoms with Gasteiger partial charge in [0.25, 0.3) is 0 Å². The predicted octanol–water partition coefficient (Wildman–Crippen LogP) is 6.62. The minimum atomic E-state index is -0.961. The summed E-state index contributed by atoms with van der Waals surface area (Å²) < 4.78 is 0.528. The lowest BCUT2D eigenvalue weighted by atomic mass is 9.43. The first-order chi connectivity index (χ1) is 9.17. The average molecular weight is 357 g/mol. The van der Waals surface area contributed by atoms with Crippen molar-refractivity contribution in [1.29, 1.82) is 0 Å². The van der Waals surface area contributed by atoms with Gasteiger partial charge in [0.2, 0.25) is 0 Å². The van der Waals surface area contributed by atoms with Crippen LogP contribution in [0.2, 0.25) is 25.7 Å². The Bertz CT molecular complexity index is 383. The smallest absolute Gasteiger partial charge is 0.0448 e. The van der Waals surface area contributed by atoms with E-state index in [1.807, 2.05) is 0 Å². The third-order valence-corrected chi connectivity index (χ3v) is 8.89. The monoisotopic (exact) mass is 356 g/mol. The molecule has 0 aromatic heterocycles. The maximum Gasteiger partial charge on any atom is 0.0448 e. The lowest BCUT2D eigenvalue weighted by molar-refractivity contribution is -0.0903. The fourth-order valence-electron chi connectivity index (χ4n) is 6.87.